The molecular formula is C17H23FN4OS. The molecule has 0 unspecified atom stereocenters. The summed E-state index contributed by atoms with van der Waals surface area (Å²) in [6, 6.07) is 4.67. The Morgan fingerprint density at radius 1 is 1.42 bits per heavy atom. The maximum Gasteiger partial charge on any atom is 0.237 e. The number of benzene rings is 1. The Balaban J connectivity index is 1.94. The normalized spacial score (nSPS) is 12.2. The Morgan fingerprint density at radius 3 is 2.92 bits per heavy atom. The third-order valence-electron chi connectivity index (χ3n) is 3.67. The molecule has 5 nitrogen and oxygen atoms in total. The third kappa shape index (κ3) is 5.06. The van der Waals surface area contributed by atoms with Gasteiger partial charge in [0.25, 0.3) is 0 Å². The highest BCUT2D eigenvalue weighted by Crippen LogP contribution is 2.23. The summed E-state index contributed by atoms with van der Waals surface area (Å²) in [7, 11) is 0. The first-order chi connectivity index (χ1) is 11.5. The van der Waals surface area contributed by atoms with E-state index in [1.807, 2.05) is 4.57 Å². The van der Waals surface area contributed by atoms with E-state index in [0.717, 1.165) is 31.0 Å². The standard InChI is InChI=1S/C17H23FN4OS/c1-4-5-6-9-22-11-19-21-17(22)24-13(3)16(23)20-14-8-7-12(2)15(18)10-14/h7-8,10-11,13H,4-6,9H2,1-3H3,(H,20,23)/t13-/m0/s1. The van der Waals surface area contributed by atoms with Gasteiger partial charge in [-0.2, -0.15) is 0 Å². The molecule has 1 amide bonds. The van der Waals surface area contributed by atoms with E-state index in [0.29, 0.717) is 11.3 Å². The Hall–Kier alpha value is -1.89. The van der Waals surface area contributed by atoms with Gasteiger partial charge in [0.2, 0.25) is 5.91 Å². The number of carbonyl (C=O) groups excluding carboxylic acids is 1. The minimum atomic E-state index is -0.358. The number of carbonyl (C=O) groups is 1. The summed E-state index contributed by atoms with van der Waals surface area (Å²) in [4.78, 5) is 12.3. The molecule has 0 spiro atoms. The van der Waals surface area contributed by atoms with Crippen LogP contribution in [0.3, 0.4) is 0 Å². The van der Waals surface area contributed by atoms with Gasteiger partial charge in [0.1, 0.15) is 12.1 Å². The van der Waals surface area contributed by atoms with Gasteiger partial charge in [0, 0.05) is 12.2 Å². The zero-order valence-electron chi connectivity index (χ0n) is 14.3. The lowest BCUT2D eigenvalue weighted by molar-refractivity contribution is -0.115. The van der Waals surface area contributed by atoms with Crippen LogP contribution < -0.4 is 5.32 Å². The monoisotopic (exact) mass is 350 g/mol. The molecule has 0 aliphatic heterocycles. The highest BCUT2D eigenvalue weighted by Gasteiger charge is 2.18. The zero-order chi connectivity index (χ0) is 17.5. The van der Waals surface area contributed by atoms with Gasteiger partial charge in [-0.1, -0.05) is 37.6 Å². The molecule has 0 saturated heterocycles. The summed E-state index contributed by atoms with van der Waals surface area (Å²) in [5.41, 5.74) is 1.01. The van der Waals surface area contributed by atoms with Gasteiger partial charge >= 0.3 is 0 Å². The average molecular weight is 350 g/mol. The summed E-state index contributed by atoms with van der Waals surface area (Å²) >= 11 is 1.35. The number of unbranched alkanes of at least 4 members (excludes halogenated alkanes) is 2. The lowest BCUT2D eigenvalue weighted by Gasteiger charge is -2.12. The molecule has 0 aliphatic carbocycles. The van der Waals surface area contributed by atoms with Crippen molar-refractivity contribution < 1.29 is 9.18 Å². The SMILES string of the molecule is CCCCCn1cnnc1S[C@@H](C)C(=O)Nc1ccc(C)c(F)c1. The first-order valence-corrected chi connectivity index (χ1v) is 9.00. The van der Waals surface area contributed by atoms with Crippen LogP contribution in [-0.4, -0.2) is 25.9 Å². The van der Waals surface area contributed by atoms with Gasteiger partial charge in [-0.3, -0.25) is 4.79 Å². The van der Waals surface area contributed by atoms with Gasteiger partial charge in [-0.05, 0) is 38.0 Å². The van der Waals surface area contributed by atoms with Crippen LogP contribution >= 0.6 is 11.8 Å². The molecule has 0 radical (unpaired) electrons. The second kappa shape index (κ2) is 8.82. The van der Waals surface area contributed by atoms with E-state index in [1.165, 1.54) is 17.8 Å². The van der Waals surface area contributed by atoms with Crippen molar-refractivity contribution in [3.63, 3.8) is 0 Å². The Kier molecular flexibility index (Phi) is 6.78. The molecule has 1 atom stereocenters. The summed E-state index contributed by atoms with van der Waals surface area (Å²) in [5, 5.41) is 11.1. The number of rotatable bonds is 8. The number of aromatic nitrogens is 3. The molecule has 130 valence electrons. The molecule has 0 aliphatic rings. The lowest BCUT2D eigenvalue weighted by Crippen LogP contribution is -2.23. The quantitative estimate of drug-likeness (QED) is 0.577. The molecule has 0 fully saturated rings. The number of amides is 1. The van der Waals surface area contributed by atoms with Crippen molar-refractivity contribution in [3.8, 4) is 0 Å². The molecule has 1 aromatic heterocycles. The van der Waals surface area contributed by atoms with Crippen molar-refractivity contribution in [3.05, 3.63) is 35.9 Å². The van der Waals surface area contributed by atoms with E-state index in [2.05, 4.69) is 22.4 Å². The van der Waals surface area contributed by atoms with Gasteiger partial charge in [0.15, 0.2) is 5.16 Å². The topological polar surface area (TPSA) is 59.8 Å². The number of anilines is 1. The summed E-state index contributed by atoms with van der Waals surface area (Å²) in [6.07, 6.45) is 5.05. The predicted molar refractivity (Wildman–Crippen MR) is 94.6 cm³/mol. The minimum Gasteiger partial charge on any atom is -0.325 e. The zero-order valence-corrected chi connectivity index (χ0v) is 15.1. The van der Waals surface area contributed by atoms with E-state index >= 15 is 0 Å². The molecule has 24 heavy (non-hydrogen) atoms. The first-order valence-electron chi connectivity index (χ1n) is 8.12. The molecule has 1 aromatic carbocycles. The molecule has 0 bridgehead atoms. The van der Waals surface area contributed by atoms with Crippen molar-refractivity contribution in [2.45, 2.75) is 57.0 Å². The molecule has 2 rings (SSSR count). The van der Waals surface area contributed by atoms with Crippen LogP contribution in [0, 0.1) is 12.7 Å². The van der Waals surface area contributed by atoms with Crippen LogP contribution in [0.25, 0.3) is 0 Å². The fourth-order valence-electron chi connectivity index (χ4n) is 2.15. The molecule has 0 saturated carbocycles. The van der Waals surface area contributed by atoms with Crippen molar-refractivity contribution in [2.75, 3.05) is 5.32 Å². The van der Waals surface area contributed by atoms with E-state index in [9.17, 15) is 9.18 Å². The van der Waals surface area contributed by atoms with Gasteiger partial charge in [-0.25, -0.2) is 4.39 Å². The molecular weight excluding hydrogens is 327 g/mol. The van der Waals surface area contributed by atoms with Gasteiger partial charge < -0.3 is 9.88 Å². The highest BCUT2D eigenvalue weighted by atomic mass is 32.2. The molecule has 7 heteroatoms. The number of thioether (sulfide) groups is 1. The van der Waals surface area contributed by atoms with Crippen molar-refractivity contribution in [1.82, 2.24) is 14.8 Å². The Morgan fingerprint density at radius 2 is 2.21 bits per heavy atom. The number of nitrogens with one attached hydrogen (secondary N) is 1. The third-order valence-corrected chi connectivity index (χ3v) is 4.77. The second-order valence-electron chi connectivity index (χ2n) is 5.73. The van der Waals surface area contributed by atoms with E-state index in [4.69, 9.17) is 0 Å². The minimum absolute atomic E-state index is 0.189. The van der Waals surface area contributed by atoms with E-state index < -0.39 is 0 Å². The van der Waals surface area contributed by atoms with Crippen LogP contribution in [0.4, 0.5) is 10.1 Å². The number of halogens is 1. The fraction of sp³-hybridized carbons (Fsp3) is 0.471. The van der Waals surface area contributed by atoms with Crippen LogP contribution in [0.2, 0.25) is 0 Å². The smallest absolute Gasteiger partial charge is 0.237 e. The van der Waals surface area contributed by atoms with Crippen LogP contribution in [0.1, 0.15) is 38.7 Å². The molecule has 2 aromatic rings. The number of nitrogens with zero attached hydrogens (tertiary/aromatic N) is 3. The highest BCUT2D eigenvalue weighted by molar-refractivity contribution is 8.00. The summed E-state index contributed by atoms with van der Waals surface area (Å²) in [6.45, 7) is 6.49. The van der Waals surface area contributed by atoms with Crippen molar-refractivity contribution in [2.24, 2.45) is 0 Å². The van der Waals surface area contributed by atoms with E-state index in [1.54, 1.807) is 32.3 Å². The maximum atomic E-state index is 13.6. The van der Waals surface area contributed by atoms with Crippen LogP contribution in [0.15, 0.2) is 29.7 Å². The van der Waals surface area contributed by atoms with Gasteiger partial charge in [0.05, 0.1) is 5.25 Å². The molecule has 1 N–H and O–H groups in total. The van der Waals surface area contributed by atoms with Crippen LogP contribution in [-0.2, 0) is 11.3 Å². The number of hydrogen-bond acceptors (Lipinski definition) is 4. The largest absolute Gasteiger partial charge is 0.325 e. The Bertz CT molecular complexity index is 689. The van der Waals surface area contributed by atoms with Crippen molar-refractivity contribution >= 4 is 23.4 Å². The second-order valence-corrected chi connectivity index (χ2v) is 7.04. The van der Waals surface area contributed by atoms with Crippen molar-refractivity contribution in [1.29, 1.82) is 0 Å². The summed E-state index contributed by atoms with van der Waals surface area (Å²) in [5.74, 6) is -0.518. The number of hydrogen-bond donors (Lipinski definition) is 1. The predicted octanol–water partition coefficient (Wildman–Crippen LogP) is 4.04. The fourth-order valence-corrected chi connectivity index (χ4v) is 3.00. The summed E-state index contributed by atoms with van der Waals surface area (Å²) < 4.78 is 15.5. The maximum absolute atomic E-state index is 13.6. The Labute approximate surface area is 146 Å². The first kappa shape index (κ1) is 18.4. The lowest BCUT2D eigenvalue weighted by atomic mass is 10.2. The molecule has 1 heterocycles. The van der Waals surface area contributed by atoms with Gasteiger partial charge in [-0.15, -0.1) is 10.2 Å². The van der Waals surface area contributed by atoms with Crippen LogP contribution in [0.5, 0.6) is 0 Å². The average Bonchev–Trinajstić information content (AvgIpc) is 2.98. The van der Waals surface area contributed by atoms with E-state index in [-0.39, 0.29) is 17.0 Å². The number of aryl methyl sites for hydroxylation is 2.